The van der Waals surface area contributed by atoms with Gasteiger partial charge < -0.3 is 10.1 Å². The molecule has 0 spiro atoms. The van der Waals surface area contributed by atoms with Crippen molar-refractivity contribution in [2.45, 2.75) is 33.7 Å². The van der Waals surface area contributed by atoms with Gasteiger partial charge >= 0.3 is 0 Å². The largest absolute Gasteiger partial charge is 0.438 e. The number of hydrogen-bond donors (Lipinski definition) is 1. The van der Waals surface area contributed by atoms with Crippen molar-refractivity contribution >= 4 is 0 Å². The lowest BCUT2D eigenvalue weighted by atomic mass is 10.1. The number of nitrogens with one attached hydrogen (secondary N) is 1. The van der Waals surface area contributed by atoms with Crippen molar-refractivity contribution in [3.05, 3.63) is 52.7 Å². The van der Waals surface area contributed by atoms with Gasteiger partial charge in [-0.05, 0) is 63.6 Å². The zero-order valence-electron chi connectivity index (χ0n) is 12.8. The highest BCUT2D eigenvalue weighted by atomic mass is 16.5. The van der Waals surface area contributed by atoms with Crippen LogP contribution in [0.2, 0.25) is 0 Å². The van der Waals surface area contributed by atoms with Gasteiger partial charge in [-0.2, -0.15) is 0 Å². The molecule has 0 aliphatic carbocycles. The van der Waals surface area contributed by atoms with Gasteiger partial charge in [-0.1, -0.05) is 12.1 Å². The summed E-state index contributed by atoms with van der Waals surface area (Å²) >= 11 is 0. The van der Waals surface area contributed by atoms with Crippen LogP contribution in [0.4, 0.5) is 0 Å². The van der Waals surface area contributed by atoms with Crippen LogP contribution in [0.15, 0.2) is 30.5 Å². The molecular weight excluding hydrogens is 248 g/mol. The lowest BCUT2D eigenvalue weighted by molar-refractivity contribution is 0.443. The van der Waals surface area contributed by atoms with E-state index in [0.29, 0.717) is 5.88 Å². The Morgan fingerprint density at radius 3 is 2.65 bits per heavy atom. The summed E-state index contributed by atoms with van der Waals surface area (Å²) < 4.78 is 6.07. The zero-order chi connectivity index (χ0) is 14.7. The molecule has 3 heteroatoms. The molecule has 0 aliphatic heterocycles. The summed E-state index contributed by atoms with van der Waals surface area (Å²) in [4.78, 5) is 4.38. The minimum atomic E-state index is 0.199. The fraction of sp³-hybridized carbons (Fsp3) is 0.353. The quantitative estimate of drug-likeness (QED) is 0.909. The molecule has 1 unspecified atom stereocenters. The molecule has 2 aromatic rings. The Balaban J connectivity index is 2.40. The molecule has 0 saturated heterocycles. The molecule has 1 aromatic heterocycles. The highest BCUT2D eigenvalue weighted by Gasteiger charge is 2.13. The topological polar surface area (TPSA) is 34.2 Å². The number of pyridine rings is 1. The number of aromatic nitrogens is 1. The molecule has 0 fully saturated rings. The summed E-state index contributed by atoms with van der Waals surface area (Å²) in [5.74, 6) is 1.55. The first-order chi connectivity index (χ1) is 9.52. The van der Waals surface area contributed by atoms with Gasteiger partial charge in [0.2, 0.25) is 5.88 Å². The second-order valence-electron chi connectivity index (χ2n) is 5.22. The van der Waals surface area contributed by atoms with Crippen LogP contribution < -0.4 is 10.1 Å². The van der Waals surface area contributed by atoms with E-state index in [1.807, 2.05) is 19.2 Å². The van der Waals surface area contributed by atoms with E-state index in [-0.39, 0.29) is 6.04 Å². The van der Waals surface area contributed by atoms with Crippen LogP contribution in [-0.2, 0) is 0 Å². The average molecular weight is 270 g/mol. The summed E-state index contributed by atoms with van der Waals surface area (Å²) in [5, 5.41) is 3.22. The third kappa shape index (κ3) is 2.99. The summed E-state index contributed by atoms with van der Waals surface area (Å²) in [6.07, 6.45) is 1.76. The van der Waals surface area contributed by atoms with Crippen LogP contribution in [0, 0.1) is 20.8 Å². The Bertz CT molecular complexity index is 608. The fourth-order valence-corrected chi connectivity index (χ4v) is 2.18. The van der Waals surface area contributed by atoms with Gasteiger partial charge in [0.15, 0.2) is 0 Å². The van der Waals surface area contributed by atoms with Crippen LogP contribution in [0.1, 0.15) is 35.2 Å². The smallest absolute Gasteiger partial charge is 0.223 e. The lowest BCUT2D eigenvalue weighted by Crippen LogP contribution is -2.13. The van der Waals surface area contributed by atoms with E-state index < -0.39 is 0 Å². The molecule has 1 N–H and O–H groups in total. The summed E-state index contributed by atoms with van der Waals surface area (Å²) in [6, 6.07) is 8.40. The third-order valence-corrected chi connectivity index (χ3v) is 3.67. The average Bonchev–Trinajstić information content (AvgIpc) is 2.44. The monoisotopic (exact) mass is 270 g/mol. The number of hydrogen-bond acceptors (Lipinski definition) is 3. The molecule has 0 saturated carbocycles. The minimum Gasteiger partial charge on any atom is -0.438 e. The molecule has 20 heavy (non-hydrogen) atoms. The molecule has 0 radical (unpaired) electrons. The van der Waals surface area contributed by atoms with E-state index in [4.69, 9.17) is 4.74 Å². The van der Waals surface area contributed by atoms with Gasteiger partial charge in [0.1, 0.15) is 5.75 Å². The van der Waals surface area contributed by atoms with E-state index >= 15 is 0 Å². The zero-order valence-corrected chi connectivity index (χ0v) is 12.8. The SMILES string of the molecule is CNC(C)c1cccnc1Oc1cc(C)cc(C)c1C. The first-order valence-corrected chi connectivity index (χ1v) is 6.90. The Morgan fingerprint density at radius 1 is 1.20 bits per heavy atom. The predicted molar refractivity (Wildman–Crippen MR) is 82.4 cm³/mol. The first kappa shape index (κ1) is 14.5. The highest BCUT2D eigenvalue weighted by Crippen LogP contribution is 2.31. The van der Waals surface area contributed by atoms with E-state index in [9.17, 15) is 0 Å². The van der Waals surface area contributed by atoms with Crippen molar-refractivity contribution in [2.24, 2.45) is 0 Å². The fourth-order valence-electron chi connectivity index (χ4n) is 2.18. The Labute approximate surface area is 121 Å². The number of ether oxygens (including phenoxy) is 1. The molecule has 1 atom stereocenters. The van der Waals surface area contributed by atoms with Crippen LogP contribution >= 0.6 is 0 Å². The molecular formula is C17H22N2O. The minimum absolute atomic E-state index is 0.199. The molecule has 0 aliphatic rings. The molecule has 3 nitrogen and oxygen atoms in total. The summed E-state index contributed by atoms with van der Waals surface area (Å²) in [7, 11) is 1.93. The number of rotatable bonds is 4. The highest BCUT2D eigenvalue weighted by molar-refractivity contribution is 5.44. The van der Waals surface area contributed by atoms with Gasteiger partial charge in [-0.3, -0.25) is 0 Å². The van der Waals surface area contributed by atoms with Crippen LogP contribution in [0.3, 0.4) is 0 Å². The maximum absolute atomic E-state index is 6.07. The van der Waals surface area contributed by atoms with E-state index in [1.165, 1.54) is 11.1 Å². The van der Waals surface area contributed by atoms with Crippen LogP contribution in [-0.4, -0.2) is 12.0 Å². The van der Waals surface area contributed by atoms with Crippen LogP contribution in [0.5, 0.6) is 11.6 Å². The van der Waals surface area contributed by atoms with E-state index in [1.54, 1.807) is 6.20 Å². The summed E-state index contributed by atoms with van der Waals surface area (Å²) in [6.45, 7) is 8.35. The van der Waals surface area contributed by atoms with Crippen molar-refractivity contribution < 1.29 is 4.74 Å². The van der Waals surface area contributed by atoms with Crippen molar-refractivity contribution in [2.75, 3.05) is 7.05 Å². The molecule has 1 aromatic carbocycles. The van der Waals surface area contributed by atoms with Crippen LogP contribution in [0.25, 0.3) is 0 Å². The lowest BCUT2D eigenvalue weighted by Gasteiger charge is -2.17. The van der Waals surface area contributed by atoms with Gasteiger partial charge in [0.05, 0.1) is 0 Å². The summed E-state index contributed by atoms with van der Waals surface area (Å²) in [5.41, 5.74) is 4.65. The molecule has 1 heterocycles. The molecule has 106 valence electrons. The third-order valence-electron chi connectivity index (χ3n) is 3.67. The van der Waals surface area contributed by atoms with E-state index in [2.05, 4.69) is 50.1 Å². The number of nitrogens with zero attached hydrogens (tertiary/aromatic N) is 1. The second kappa shape index (κ2) is 6.06. The molecule has 0 bridgehead atoms. The maximum atomic E-state index is 6.07. The standard InChI is InChI=1S/C17H22N2O/c1-11-9-12(2)13(3)16(10-11)20-17-15(14(4)18-5)7-6-8-19-17/h6-10,14,18H,1-5H3. The van der Waals surface area contributed by atoms with Crippen molar-refractivity contribution in [1.82, 2.24) is 10.3 Å². The van der Waals surface area contributed by atoms with E-state index in [0.717, 1.165) is 16.9 Å². The van der Waals surface area contributed by atoms with Crippen molar-refractivity contribution in [1.29, 1.82) is 0 Å². The maximum Gasteiger partial charge on any atom is 0.223 e. The normalized spacial score (nSPS) is 12.2. The molecule has 0 amide bonds. The molecule has 2 rings (SSSR count). The first-order valence-electron chi connectivity index (χ1n) is 6.90. The van der Waals surface area contributed by atoms with Gasteiger partial charge in [0.25, 0.3) is 0 Å². The van der Waals surface area contributed by atoms with Gasteiger partial charge in [-0.15, -0.1) is 0 Å². The number of benzene rings is 1. The predicted octanol–water partition coefficient (Wildman–Crippen LogP) is 4.08. The Kier molecular flexibility index (Phi) is 4.40. The van der Waals surface area contributed by atoms with Gasteiger partial charge in [-0.25, -0.2) is 4.98 Å². The Morgan fingerprint density at radius 2 is 1.95 bits per heavy atom. The van der Waals surface area contributed by atoms with Crippen molar-refractivity contribution in [3.63, 3.8) is 0 Å². The van der Waals surface area contributed by atoms with Gasteiger partial charge in [0, 0.05) is 17.8 Å². The van der Waals surface area contributed by atoms with Crippen molar-refractivity contribution in [3.8, 4) is 11.6 Å². The number of aryl methyl sites for hydroxylation is 2. The Hall–Kier alpha value is -1.87. The second-order valence-corrected chi connectivity index (χ2v) is 5.22.